The van der Waals surface area contributed by atoms with E-state index < -0.39 is 53.5 Å². The number of amides is 3. The van der Waals surface area contributed by atoms with Gasteiger partial charge in [-0.1, -0.05) is 20.8 Å². The first-order chi connectivity index (χ1) is 16.2. The van der Waals surface area contributed by atoms with Crippen LogP contribution in [0.5, 0.6) is 0 Å². The molecule has 36 heavy (non-hydrogen) atoms. The van der Waals surface area contributed by atoms with E-state index in [4.69, 9.17) is 5.73 Å². The maximum atomic E-state index is 13.4. The molecule has 202 valence electrons. The van der Waals surface area contributed by atoms with Gasteiger partial charge in [-0.25, -0.2) is 24.4 Å². The number of hydrogen-bond acceptors (Lipinski definition) is 5. The van der Waals surface area contributed by atoms with Crippen molar-refractivity contribution in [3.63, 3.8) is 0 Å². The molecule has 14 heteroatoms. The highest BCUT2D eigenvalue weighted by Crippen LogP contribution is 2.32. The largest absolute Gasteiger partial charge is 0.464 e. The summed E-state index contributed by atoms with van der Waals surface area (Å²) in [5.74, 6) is 0. The lowest BCUT2D eigenvalue weighted by atomic mass is 9.97. The zero-order valence-corrected chi connectivity index (χ0v) is 22.1. The van der Waals surface area contributed by atoms with E-state index >= 15 is 0 Å². The molecule has 0 bridgehead atoms. The second-order valence-corrected chi connectivity index (χ2v) is 11.8. The Kier molecular flexibility index (Phi) is 7.94. The number of aromatic nitrogens is 2. The molecule has 2 rings (SSSR count). The molecule has 10 nitrogen and oxygen atoms in total. The van der Waals surface area contributed by atoms with E-state index in [0.29, 0.717) is 10.4 Å². The van der Waals surface area contributed by atoms with Crippen LogP contribution in [0.15, 0.2) is 9.59 Å². The van der Waals surface area contributed by atoms with Crippen LogP contribution < -0.4 is 17.0 Å². The molecule has 2 aromatic rings. The van der Waals surface area contributed by atoms with Crippen molar-refractivity contribution in [1.29, 1.82) is 0 Å². The van der Waals surface area contributed by atoms with Crippen LogP contribution in [-0.2, 0) is 19.6 Å². The number of primary amides is 1. The number of carbonyl (C=O) groups excluding carboxylic acids is 1. The summed E-state index contributed by atoms with van der Waals surface area (Å²) in [6, 6.07) is -1.08. The number of nitrogens with two attached hydrogens (primary N) is 1. The monoisotopic (exact) mass is 535 g/mol. The van der Waals surface area contributed by atoms with Crippen LogP contribution in [0, 0.1) is 12.3 Å². The minimum atomic E-state index is -4.54. The smallest absolute Gasteiger partial charge is 0.426 e. The number of carboxylic acid groups (broad SMARTS) is 1. The number of hydrazine groups is 1. The van der Waals surface area contributed by atoms with Gasteiger partial charge in [-0.05, 0) is 38.7 Å². The Balaban J connectivity index is 2.81. The lowest BCUT2D eigenvalue weighted by Gasteiger charge is -2.40. The molecule has 3 amide bonds. The highest BCUT2D eigenvalue weighted by atomic mass is 32.1. The Bertz CT molecular complexity index is 1280. The third-order valence-corrected chi connectivity index (χ3v) is 6.55. The molecule has 0 spiro atoms. The van der Waals surface area contributed by atoms with Crippen molar-refractivity contribution in [2.24, 2.45) is 11.1 Å². The molecule has 0 fully saturated rings. The summed E-state index contributed by atoms with van der Waals surface area (Å²) in [7, 11) is 0. The standard InChI is InChI=1S/C22H32F3N5O5S/c1-12-13(10-29(17(26)32)30(19(34)35)21(5,6)7)36-16-14(12)15(31)28(11-20(2,3)4)18(33)27(16)9-8-22(23,24)25/h8-11H2,1-7H3,(H2,26,32)(H,34,35). The van der Waals surface area contributed by atoms with Gasteiger partial charge in [0, 0.05) is 18.0 Å². The molecule has 0 radical (unpaired) electrons. The topological polar surface area (TPSA) is 131 Å². The van der Waals surface area contributed by atoms with Gasteiger partial charge in [-0.15, -0.1) is 11.3 Å². The molecule has 2 heterocycles. The van der Waals surface area contributed by atoms with Crippen molar-refractivity contribution < 1.29 is 27.9 Å². The highest BCUT2D eigenvalue weighted by Gasteiger charge is 2.36. The Morgan fingerprint density at radius 3 is 2.03 bits per heavy atom. The third-order valence-electron chi connectivity index (χ3n) is 5.25. The number of halogens is 3. The van der Waals surface area contributed by atoms with E-state index in [9.17, 15) is 37.5 Å². The predicted molar refractivity (Wildman–Crippen MR) is 130 cm³/mol. The zero-order valence-electron chi connectivity index (χ0n) is 21.3. The summed E-state index contributed by atoms with van der Waals surface area (Å²) in [5, 5.41) is 11.3. The average molecular weight is 536 g/mol. The molecule has 0 aromatic carbocycles. The first-order valence-electron chi connectivity index (χ1n) is 11.1. The van der Waals surface area contributed by atoms with Crippen LogP contribution in [-0.4, -0.2) is 48.1 Å². The lowest BCUT2D eigenvalue weighted by molar-refractivity contribution is -0.136. The molecular weight excluding hydrogens is 503 g/mol. The molecule has 0 saturated heterocycles. The van der Waals surface area contributed by atoms with E-state index in [1.165, 1.54) is 6.92 Å². The van der Waals surface area contributed by atoms with Crippen molar-refractivity contribution in [3.05, 3.63) is 31.3 Å². The summed E-state index contributed by atoms with van der Waals surface area (Å²) in [6.45, 7) is 10.4. The Morgan fingerprint density at radius 1 is 1.06 bits per heavy atom. The fraction of sp³-hybridized carbons (Fsp3) is 0.636. The molecule has 0 atom stereocenters. The summed E-state index contributed by atoms with van der Waals surface area (Å²) in [5.41, 5.74) is 2.68. The SMILES string of the molecule is Cc1c(CN(C(N)=O)N(C(=O)O)C(C)(C)C)sc2c1c(=O)n(CC(C)(C)C)c(=O)n2CCC(F)(F)F. The van der Waals surface area contributed by atoms with Gasteiger partial charge in [0.25, 0.3) is 5.56 Å². The number of urea groups is 1. The van der Waals surface area contributed by atoms with E-state index in [0.717, 1.165) is 30.5 Å². The lowest BCUT2D eigenvalue weighted by Crippen LogP contribution is -2.58. The number of hydrogen-bond donors (Lipinski definition) is 2. The second kappa shape index (κ2) is 9.79. The van der Waals surface area contributed by atoms with E-state index in [1.54, 1.807) is 41.5 Å². The van der Waals surface area contributed by atoms with Gasteiger partial charge in [0.2, 0.25) is 0 Å². The number of thiophene rings is 1. The van der Waals surface area contributed by atoms with Crippen molar-refractivity contribution in [2.45, 2.75) is 86.2 Å². The zero-order chi connectivity index (χ0) is 28.0. The van der Waals surface area contributed by atoms with Gasteiger partial charge in [-0.3, -0.25) is 13.9 Å². The number of nitrogens with zero attached hydrogens (tertiary/aromatic N) is 4. The number of carbonyl (C=O) groups is 2. The molecular formula is C22H32F3N5O5S. The van der Waals surface area contributed by atoms with Crippen molar-refractivity contribution in [3.8, 4) is 0 Å². The number of rotatable bonds is 5. The van der Waals surface area contributed by atoms with Gasteiger partial charge in [-0.2, -0.15) is 13.2 Å². The van der Waals surface area contributed by atoms with Gasteiger partial charge >= 0.3 is 24.0 Å². The Morgan fingerprint density at radius 2 is 1.61 bits per heavy atom. The van der Waals surface area contributed by atoms with Crippen molar-refractivity contribution in [1.82, 2.24) is 19.2 Å². The van der Waals surface area contributed by atoms with Crippen LogP contribution in [0.25, 0.3) is 10.2 Å². The van der Waals surface area contributed by atoms with Crippen LogP contribution in [0.4, 0.5) is 22.8 Å². The third kappa shape index (κ3) is 6.39. The maximum Gasteiger partial charge on any atom is 0.426 e. The number of aryl methyl sites for hydroxylation is 2. The first kappa shape index (κ1) is 29.2. The van der Waals surface area contributed by atoms with Gasteiger partial charge in [0.1, 0.15) is 4.83 Å². The molecule has 2 aromatic heterocycles. The minimum Gasteiger partial charge on any atom is -0.464 e. The van der Waals surface area contributed by atoms with Crippen molar-refractivity contribution in [2.75, 3.05) is 0 Å². The normalized spacial score (nSPS) is 12.7. The van der Waals surface area contributed by atoms with Crippen LogP contribution in [0.2, 0.25) is 0 Å². The quantitative estimate of drug-likeness (QED) is 0.557. The highest BCUT2D eigenvalue weighted by molar-refractivity contribution is 7.18. The van der Waals surface area contributed by atoms with Gasteiger partial charge < -0.3 is 10.8 Å². The Labute approximate surface area is 209 Å². The fourth-order valence-corrected chi connectivity index (χ4v) is 5.07. The second-order valence-electron chi connectivity index (χ2n) is 10.7. The number of fused-ring (bicyclic) bond motifs is 1. The maximum absolute atomic E-state index is 13.4. The van der Waals surface area contributed by atoms with Gasteiger partial charge in [0.05, 0.1) is 23.9 Å². The summed E-state index contributed by atoms with van der Waals surface area (Å²) in [4.78, 5) is 51.0. The summed E-state index contributed by atoms with van der Waals surface area (Å²) < 4.78 is 41.0. The minimum absolute atomic E-state index is 0.0222. The van der Waals surface area contributed by atoms with Crippen LogP contribution >= 0.6 is 11.3 Å². The van der Waals surface area contributed by atoms with E-state index in [1.807, 2.05) is 0 Å². The Hall–Kier alpha value is -3.03. The fourth-order valence-electron chi connectivity index (χ4n) is 3.78. The molecule has 3 N–H and O–H groups in total. The molecule has 0 saturated carbocycles. The van der Waals surface area contributed by atoms with Crippen LogP contribution in [0.3, 0.4) is 0 Å². The number of alkyl halides is 3. The molecule has 0 aliphatic rings. The van der Waals surface area contributed by atoms with E-state index in [-0.39, 0.29) is 23.3 Å². The molecule has 0 unspecified atom stereocenters. The average Bonchev–Trinajstić information content (AvgIpc) is 2.97. The van der Waals surface area contributed by atoms with Crippen molar-refractivity contribution >= 4 is 33.7 Å². The summed E-state index contributed by atoms with van der Waals surface area (Å²) >= 11 is 0.855. The molecule has 0 aliphatic carbocycles. The predicted octanol–water partition coefficient (Wildman–Crippen LogP) is 4.11. The first-order valence-corrected chi connectivity index (χ1v) is 11.9. The van der Waals surface area contributed by atoms with Gasteiger partial charge in [0.15, 0.2) is 0 Å². The molecule has 0 aliphatic heterocycles. The van der Waals surface area contributed by atoms with E-state index in [2.05, 4.69) is 0 Å². The van der Waals surface area contributed by atoms with Crippen LogP contribution in [0.1, 0.15) is 58.4 Å². The summed E-state index contributed by atoms with van der Waals surface area (Å²) in [6.07, 6.45) is -7.27.